The van der Waals surface area contributed by atoms with Crippen molar-refractivity contribution in [1.29, 1.82) is 0 Å². The van der Waals surface area contributed by atoms with Gasteiger partial charge >= 0.3 is 0 Å². The van der Waals surface area contributed by atoms with Crippen LogP contribution in [0.25, 0.3) is 0 Å². The highest BCUT2D eigenvalue weighted by Gasteiger charge is 2.25. The minimum absolute atomic E-state index is 0.530. The summed E-state index contributed by atoms with van der Waals surface area (Å²) in [5.74, 6) is 1.28. The summed E-state index contributed by atoms with van der Waals surface area (Å²) in [6, 6.07) is 0.530. The molecule has 4 heteroatoms. The lowest BCUT2D eigenvalue weighted by Crippen LogP contribution is -2.38. The van der Waals surface area contributed by atoms with E-state index in [9.17, 15) is 0 Å². The van der Waals surface area contributed by atoms with E-state index in [1.165, 1.54) is 22.3 Å². The van der Waals surface area contributed by atoms with E-state index in [0.717, 1.165) is 25.9 Å². The van der Waals surface area contributed by atoms with Gasteiger partial charge in [0.2, 0.25) is 0 Å². The molecule has 0 amide bonds. The minimum atomic E-state index is 0.530. The van der Waals surface area contributed by atoms with Gasteiger partial charge in [0.25, 0.3) is 0 Å². The van der Waals surface area contributed by atoms with Crippen molar-refractivity contribution in [3.63, 3.8) is 0 Å². The molecule has 0 saturated heterocycles. The lowest BCUT2D eigenvalue weighted by molar-refractivity contribution is 0.283. The summed E-state index contributed by atoms with van der Waals surface area (Å²) in [4.78, 5) is 0. The lowest BCUT2D eigenvalue weighted by atomic mass is 9.85. The lowest BCUT2D eigenvalue weighted by Gasteiger charge is -2.28. The molecule has 0 aliphatic heterocycles. The SMILES string of the molecule is CCCNC(C)C(Cc1c(Br)c(CC)nn1CC)C(C)C. The predicted octanol–water partition coefficient (Wildman–Crippen LogP) is 4.43. The zero-order valence-corrected chi connectivity index (χ0v) is 16.1. The zero-order chi connectivity index (χ0) is 16.0. The molecular weight excluding hydrogens is 326 g/mol. The number of rotatable bonds is 9. The Kier molecular flexibility index (Phi) is 7.96. The number of aromatic nitrogens is 2. The van der Waals surface area contributed by atoms with Gasteiger partial charge in [-0.25, -0.2) is 0 Å². The summed E-state index contributed by atoms with van der Waals surface area (Å²) in [5, 5.41) is 8.40. The smallest absolute Gasteiger partial charge is 0.0766 e. The van der Waals surface area contributed by atoms with Gasteiger partial charge in [-0.3, -0.25) is 4.68 Å². The highest BCUT2D eigenvalue weighted by molar-refractivity contribution is 9.10. The quantitative estimate of drug-likeness (QED) is 0.708. The van der Waals surface area contributed by atoms with Crippen molar-refractivity contribution in [2.45, 2.75) is 73.4 Å². The summed E-state index contributed by atoms with van der Waals surface area (Å²) >= 11 is 3.78. The topological polar surface area (TPSA) is 29.9 Å². The number of nitrogens with one attached hydrogen (secondary N) is 1. The van der Waals surface area contributed by atoms with Crippen LogP contribution in [0.4, 0.5) is 0 Å². The standard InChI is InChI=1S/C17H32BrN3/c1-7-10-19-13(6)14(12(4)5)11-16-17(18)15(8-2)20-21(16)9-3/h12-14,19H,7-11H2,1-6H3. The van der Waals surface area contributed by atoms with Crippen LogP contribution in [0.15, 0.2) is 4.47 Å². The number of aryl methyl sites for hydroxylation is 2. The molecule has 1 heterocycles. The summed E-state index contributed by atoms with van der Waals surface area (Å²) in [7, 11) is 0. The Morgan fingerprint density at radius 1 is 1.19 bits per heavy atom. The second-order valence-corrected chi connectivity index (χ2v) is 7.02. The van der Waals surface area contributed by atoms with Crippen molar-refractivity contribution in [1.82, 2.24) is 15.1 Å². The molecule has 122 valence electrons. The van der Waals surface area contributed by atoms with E-state index < -0.39 is 0 Å². The van der Waals surface area contributed by atoms with Crippen LogP contribution in [0.2, 0.25) is 0 Å². The molecule has 0 aliphatic rings. The normalized spacial score (nSPS) is 14.7. The third-order valence-electron chi connectivity index (χ3n) is 4.34. The van der Waals surface area contributed by atoms with Gasteiger partial charge in [0, 0.05) is 12.6 Å². The number of hydrogen-bond donors (Lipinski definition) is 1. The van der Waals surface area contributed by atoms with Gasteiger partial charge in [0.15, 0.2) is 0 Å². The largest absolute Gasteiger partial charge is 0.314 e. The van der Waals surface area contributed by atoms with Crippen LogP contribution in [0, 0.1) is 11.8 Å². The van der Waals surface area contributed by atoms with Crippen LogP contribution < -0.4 is 5.32 Å². The summed E-state index contributed by atoms with van der Waals surface area (Å²) in [6.45, 7) is 15.6. The molecule has 21 heavy (non-hydrogen) atoms. The zero-order valence-electron chi connectivity index (χ0n) is 14.5. The van der Waals surface area contributed by atoms with Crippen molar-refractivity contribution in [2.75, 3.05) is 6.54 Å². The Morgan fingerprint density at radius 3 is 2.33 bits per heavy atom. The fourth-order valence-corrected chi connectivity index (χ4v) is 3.67. The average Bonchev–Trinajstić information content (AvgIpc) is 2.77. The number of hydrogen-bond acceptors (Lipinski definition) is 2. The third kappa shape index (κ3) is 4.82. The van der Waals surface area contributed by atoms with Gasteiger partial charge in [0.05, 0.1) is 15.9 Å². The van der Waals surface area contributed by atoms with E-state index in [1.807, 2.05) is 0 Å². The van der Waals surface area contributed by atoms with Crippen molar-refractivity contribution in [2.24, 2.45) is 11.8 Å². The highest BCUT2D eigenvalue weighted by atomic mass is 79.9. The summed E-state index contributed by atoms with van der Waals surface area (Å²) < 4.78 is 3.39. The molecule has 1 aromatic heterocycles. The molecule has 3 nitrogen and oxygen atoms in total. The second-order valence-electron chi connectivity index (χ2n) is 6.23. The van der Waals surface area contributed by atoms with Crippen molar-refractivity contribution >= 4 is 15.9 Å². The molecule has 1 N–H and O–H groups in total. The monoisotopic (exact) mass is 357 g/mol. The maximum absolute atomic E-state index is 4.73. The first kappa shape index (κ1) is 18.7. The first-order chi connectivity index (χ1) is 9.96. The number of nitrogens with zero attached hydrogens (tertiary/aromatic N) is 2. The van der Waals surface area contributed by atoms with Gasteiger partial charge in [0.1, 0.15) is 0 Å². The fourth-order valence-electron chi connectivity index (χ4n) is 2.95. The maximum atomic E-state index is 4.73. The Labute approximate surface area is 139 Å². The van der Waals surface area contributed by atoms with Crippen LogP contribution >= 0.6 is 15.9 Å². The molecule has 0 bridgehead atoms. The van der Waals surface area contributed by atoms with E-state index in [-0.39, 0.29) is 0 Å². The van der Waals surface area contributed by atoms with E-state index in [4.69, 9.17) is 5.10 Å². The fraction of sp³-hybridized carbons (Fsp3) is 0.824. The molecule has 0 aromatic carbocycles. The molecule has 0 aliphatic carbocycles. The molecule has 1 rings (SSSR count). The molecule has 0 spiro atoms. The van der Waals surface area contributed by atoms with Crippen LogP contribution in [0.1, 0.15) is 59.4 Å². The van der Waals surface area contributed by atoms with E-state index >= 15 is 0 Å². The van der Waals surface area contributed by atoms with Crippen LogP contribution in [0.5, 0.6) is 0 Å². The predicted molar refractivity (Wildman–Crippen MR) is 94.8 cm³/mol. The van der Waals surface area contributed by atoms with Crippen molar-refractivity contribution in [3.05, 3.63) is 15.9 Å². The minimum Gasteiger partial charge on any atom is -0.314 e. The van der Waals surface area contributed by atoms with E-state index in [0.29, 0.717) is 17.9 Å². The highest BCUT2D eigenvalue weighted by Crippen LogP contribution is 2.28. The van der Waals surface area contributed by atoms with E-state index in [1.54, 1.807) is 0 Å². The van der Waals surface area contributed by atoms with Crippen LogP contribution in [-0.2, 0) is 19.4 Å². The first-order valence-corrected chi connectivity index (χ1v) is 9.22. The van der Waals surface area contributed by atoms with Gasteiger partial charge in [-0.15, -0.1) is 0 Å². The van der Waals surface area contributed by atoms with Crippen LogP contribution in [0.3, 0.4) is 0 Å². The molecule has 0 fully saturated rings. The summed E-state index contributed by atoms with van der Waals surface area (Å²) in [6.07, 6.45) is 3.25. The Balaban J connectivity index is 2.96. The molecule has 2 unspecified atom stereocenters. The summed E-state index contributed by atoms with van der Waals surface area (Å²) in [5.41, 5.74) is 2.54. The van der Waals surface area contributed by atoms with Crippen molar-refractivity contribution < 1.29 is 0 Å². The Bertz CT molecular complexity index is 426. The first-order valence-electron chi connectivity index (χ1n) is 8.43. The molecule has 2 atom stereocenters. The van der Waals surface area contributed by atoms with Gasteiger partial charge in [-0.2, -0.15) is 5.10 Å². The van der Waals surface area contributed by atoms with Crippen LogP contribution in [-0.4, -0.2) is 22.4 Å². The third-order valence-corrected chi connectivity index (χ3v) is 5.25. The molecular formula is C17H32BrN3. The van der Waals surface area contributed by atoms with Crippen molar-refractivity contribution in [3.8, 4) is 0 Å². The van der Waals surface area contributed by atoms with Gasteiger partial charge in [-0.1, -0.05) is 27.7 Å². The Hall–Kier alpha value is -0.350. The molecule has 0 radical (unpaired) electrons. The average molecular weight is 358 g/mol. The number of halogens is 1. The van der Waals surface area contributed by atoms with Gasteiger partial charge < -0.3 is 5.32 Å². The second kappa shape index (κ2) is 8.94. The van der Waals surface area contributed by atoms with Gasteiger partial charge in [-0.05, 0) is 67.4 Å². The van der Waals surface area contributed by atoms with E-state index in [2.05, 4.69) is 67.5 Å². The maximum Gasteiger partial charge on any atom is 0.0766 e. The molecule has 0 saturated carbocycles. The Morgan fingerprint density at radius 2 is 1.86 bits per heavy atom. The molecule has 1 aromatic rings.